The van der Waals surface area contributed by atoms with Crippen LogP contribution in [-0.2, 0) is 14.3 Å². The van der Waals surface area contributed by atoms with Gasteiger partial charge in [-0.1, -0.05) is 30.3 Å². The Balaban J connectivity index is 1.94. The second-order valence-corrected chi connectivity index (χ2v) is 8.21. The summed E-state index contributed by atoms with van der Waals surface area (Å²) in [5, 5.41) is 3.36. The zero-order valence-electron chi connectivity index (χ0n) is 15.5. The minimum absolute atomic E-state index is 0.281. The van der Waals surface area contributed by atoms with Crippen LogP contribution in [0.1, 0.15) is 33.3 Å². The number of benzene rings is 1. The smallest absolute Gasteiger partial charge is 0.341 e. The maximum atomic E-state index is 13.0. The molecule has 1 aliphatic rings. The third kappa shape index (κ3) is 4.20. The normalized spacial score (nSPS) is 13.9. The van der Waals surface area contributed by atoms with Gasteiger partial charge in [-0.25, -0.2) is 4.79 Å². The van der Waals surface area contributed by atoms with Crippen LogP contribution >= 0.6 is 23.1 Å². The number of hydrogen-bond acceptors (Lipinski definition) is 6. The van der Waals surface area contributed by atoms with Gasteiger partial charge in [0, 0.05) is 10.6 Å². The van der Waals surface area contributed by atoms with Gasteiger partial charge in [-0.05, 0) is 31.9 Å². The second-order valence-electron chi connectivity index (χ2n) is 5.88. The van der Waals surface area contributed by atoms with E-state index in [1.807, 2.05) is 44.2 Å². The van der Waals surface area contributed by atoms with Crippen LogP contribution in [0.2, 0.25) is 0 Å². The van der Waals surface area contributed by atoms with Gasteiger partial charge in [0.15, 0.2) is 5.76 Å². The van der Waals surface area contributed by atoms with Crippen LogP contribution in [0.25, 0.3) is 4.91 Å². The predicted octanol–water partition coefficient (Wildman–Crippen LogP) is 4.61. The summed E-state index contributed by atoms with van der Waals surface area (Å²) >= 11 is 2.96. The molecule has 27 heavy (non-hydrogen) atoms. The molecule has 0 atom stereocenters. The Morgan fingerprint density at radius 2 is 1.96 bits per heavy atom. The largest absolute Gasteiger partial charge is 0.486 e. The van der Waals surface area contributed by atoms with Crippen LogP contribution < -0.4 is 5.32 Å². The van der Waals surface area contributed by atoms with Gasteiger partial charge in [0.05, 0.1) is 23.7 Å². The van der Waals surface area contributed by atoms with Crippen LogP contribution in [-0.4, -0.2) is 30.8 Å². The van der Waals surface area contributed by atoms with E-state index < -0.39 is 5.97 Å². The van der Waals surface area contributed by atoms with Crippen molar-refractivity contribution in [2.24, 2.45) is 0 Å². The second kappa shape index (κ2) is 8.63. The van der Waals surface area contributed by atoms with E-state index in [1.54, 1.807) is 18.7 Å². The summed E-state index contributed by atoms with van der Waals surface area (Å²) in [6.07, 6.45) is 0. The quantitative estimate of drug-likeness (QED) is 0.739. The summed E-state index contributed by atoms with van der Waals surface area (Å²) in [4.78, 5) is 27.1. The molecule has 1 aliphatic heterocycles. The number of anilines is 1. The van der Waals surface area contributed by atoms with E-state index in [4.69, 9.17) is 9.47 Å². The first-order chi connectivity index (χ1) is 13.0. The van der Waals surface area contributed by atoms with E-state index in [1.165, 1.54) is 11.3 Å². The molecule has 0 aliphatic carbocycles. The lowest BCUT2D eigenvalue weighted by atomic mass is 10.1. The van der Waals surface area contributed by atoms with Gasteiger partial charge in [-0.3, -0.25) is 4.79 Å². The summed E-state index contributed by atoms with van der Waals surface area (Å²) in [7, 11) is 0. The molecular formula is C20H21NO4S2. The van der Waals surface area contributed by atoms with Gasteiger partial charge in [-0.15, -0.1) is 23.1 Å². The Labute approximate surface area is 166 Å². The first-order valence-electron chi connectivity index (χ1n) is 8.66. The third-order valence-corrected chi connectivity index (χ3v) is 6.32. The average molecular weight is 404 g/mol. The molecule has 142 valence electrons. The van der Waals surface area contributed by atoms with Crippen LogP contribution in [0.4, 0.5) is 5.00 Å². The SMILES string of the molecule is CCOC(=O)c1c(NC(=O)C2=C(c3ccccc3)SCCO2)sc(C)c1C. The number of thiophene rings is 1. The van der Waals surface area contributed by atoms with Crippen LogP contribution in [0, 0.1) is 13.8 Å². The van der Waals surface area contributed by atoms with Gasteiger partial charge in [0.2, 0.25) is 0 Å². The van der Waals surface area contributed by atoms with E-state index >= 15 is 0 Å². The maximum Gasteiger partial charge on any atom is 0.341 e. The summed E-state index contributed by atoms with van der Waals surface area (Å²) in [5.41, 5.74) is 2.18. The first kappa shape index (κ1) is 19.5. The molecule has 1 amide bonds. The Morgan fingerprint density at radius 1 is 1.22 bits per heavy atom. The van der Waals surface area contributed by atoms with E-state index in [9.17, 15) is 9.59 Å². The minimum Gasteiger partial charge on any atom is -0.486 e. The summed E-state index contributed by atoms with van der Waals surface area (Å²) < 4.78 is 10.8. The highest BCUT2D eigenvalue weighted by atomic mass is 32.2. The standard InChI is InChI=1S/C20H21NO4S2/c1-4-24-20(23)15-12(2)13(3)27-19(15)21-18(22)16-17(26-11-10-25-16)14-8-6-5-7-9-14/h5-9H,4,10-11H2,1-3H3,(H,21,22). The van der Waals surface area contributed by atoms with Crippen molar-refractivity contribution in [2.75, 3.05) is 24.3 Å². The molecule has 0 fully saturated rings. The highest BCUT2D eigenvalue weighted by molar-refractivity contribution is 8.08. The molecule has 3 rings (SSSR count). The lowest BCUT2D eigenvalue weighted by molar-refractivity contribution is -0.115. The molecule has 1 N–H and O–H groups in total. The van der Waals surface area contributed by atoms with Crippen molar-refractivity contribution >= 4 is 44.9 Å². The molecule has 0 unspecified atom stereocenters. The number of amides is 1. The van der Waals surface area contributed by atoms with Crippen molar-refractivity contribution in [3.63, 3.8) is 0 Å². The van der Waals surface area contributed by atoms with Crippen molar-refractivity contribution in [2.45, 2.75) is 20.8 Å². The number of hydrogen-bond donors (Lipinski definition) is 1. The van der Waals surface area contributed by atoms with Crippen molar-refractivity contribution in [1.82, 2.24) is 0 Å². The Hall–Kier alpha value is -2.25. The van der Waals surface area contributed by atoms with E-state index in [2.05, 4.69) is 5.32 Å². The van der Waals surface area contributed by atoms with Crippen LogP contribution in [0.5, 0.6) is 0 Å². The van der Waals surface area contributed by atoms with Crippen molar-refractivity contribution < 1.29 is 19.1 Å². The minimum atomic E-state index is -0.425. The number of carbonyl (C=O) groups excluding carboxylic acids is 2. The van der Waals surface area contributed by atoms with Gasteiger partial charge in [0.25, 0.3) is 5.91 Å². The Morgan fingerprint density at radius 3 is 2.67 bits per heavy atom. The number of thioether (sulfide) groups is 1. The lowest BCUT2D eigenvalue weighted by Crippen LogP contribution is -2.21. The van der Waals surface area contributed by atoms with Crippen molar-refractivity contribution in [3.05, 3.63) is 57.7 Å². The molecule has 0 saturated heterocycles. The fourth-order valence-electron chi connectivity index (χ4n) is 2.72. The number of ether oxygens (including phenoxy) is 2. The van der Waals surface area contributed by atoms with Gasteiger partial charge < -0.3 is 14.8 Å². The monoisotopic (exact) mass is 403 g/mol. The van der Waals surface area contributed by atoms with Gasteiger partial charge in [0.1, 0.15) is 5.00 Å². The molecule has 1 aromatic carbocycles. The Kier molecular flexibility index (Phi) is 6.23. The van der Waals surface area contributed by atoms with Gasteiger partial charge >= 0.3 is 5.97 Å². The van der Waals surface area contributed by atoms with Gasteiger partial charge in [-0.2, -0.15) is 0 Å². The highest BCUT2D eigenvalue weighted by Gasteiger charge is 2.27. The zero-order valence-corrected chi connectivity index (χ0v) is 17.1. The predicted molar refractivity (Wildman–Crippen MR) is 110 cm³/mol. The van der Waals surface area contributed by atoms with E-state index in [0.717, 1.165) is 26.7 Å². The lowest BCUT2D eigenvalue weighted by Gasteiger charge is -2.20. The third-order valence-electron chi connectivity index (χ3n) is 4.12. The molecule has 0 saturated carbocycles. The van der Waals surface area contributed by atoms with Crippen molar-refractivity contribution in [1.29, 1.82) is 0 Å². The fourth-order valence-corrected chi connectivity index (χ4v) is 4.71. The fraction of sp³-hybridized carbons (Fsp3) is 0.300. The number of rotatable bonds is 5. The number of aryl methyl sites for hydroxylation is 1. The molecule has 0 bridgehead atoms. The van der Waals surface area contributed by atoms with Crippen molar-refractivity contribution in [3.8, 4) is 0 Å². The number of nitrogens with one attached hydrogen (secondary N) is 1. The molecule has 1 aromatic heterocycles. The van der Waals surface area contributed by atoms with E-state index in [0.29, 0.717) is 17.2 Å². The molecule has 0 radical (unpaired) electrons. The summed E-state index contributed by atoms with van der Waals surface area (Å²) in [6.45, 7) is 6.28. The maximum absolute atomic E-state index is 13.0. The number of carbonyl (C=O) groups is 2. The zero-order chi connectivity index (χ0) is 19.4. The molecule has 0 spiro atoms. The van der Waals surface area contributed by atoms with E-state index in [-0.39, 0.29) is 18.3 Å². The Bertz CT molecular complexity index is 887. The molecule has 5 nitrogen and oxygen atoms in total. The molecule has 2 heterocycles. The average Bonchev–Trinajstić information content (AvgIpc) is 2.96. The first-order valence-corrected chi connectivity index (χ1v) is 10.5. The number of esters is 1. The summed E-state index contributed by atoms with van der Waals surface area (Å²) in [5.74, 6) is 0.293. The molecule has 2 aromatic rings. The molecular weight excluding hydrogens is 382 g/mol. The summed E-state index contributed by atoms with van der Waals surface area (Å²) in [6, 6.07) is 9.69. The topological polar surface area (TPSA) is 64.6 Å². The molecule has 7 heteroatoms. The van der Waals surface area contributed by atoms with Crippen LogP contribution in [0.3, 0.4) is 0 Å². The van der Waals surface area contributed by atoms with Crippen LogP contribution in [0.15, 0.2) is 36.1 Å². The highest BCUT2D eigenvalue weighted by Crippen LogP contribution is 2.37.